The lowest BCUT2D eigenvalue weighted by Gasteiger charge is -2.37. The quantitative estimate of drug-likeness (QED) is 0.196. The normalized spacial score (nSPS) is 18.6. The molecule has 1 aromatic heterocycles. The molecule has 54 heavy (non-hydrogen) atoms. The minimum atomic E-state index is -0.131. The van der Waals surface area contributed by atoms with Crippen LogP contribution in [0.5, 0.6) is 0 Å². The number of allylic oxidation sites excluding steroid dienone is 2. The Morgan fingerprint density at radius 1 is 0.537 bits per heavy atom. The van der Waals surface area contributed by atoms with E-state index in [2.05, 4.69) is 197 Å². The Morgan fingerprint density at radius 2 is 1.19 bits per heavy atom. The second-order valence-corrected chi connectivity index (χ2v) is 14.8. The van der Waals surface area contributed by atoms with E-state index >= 15 is 0 Å². The van der Waals surface area contributed by atoms with Gasteiger partial charge in [0.2, 0.25) is 0 Å². The molecule has 1 aliphatic carbocycles. The summed E-state index contributed by atoms with van der Waals surface area (Å²) in [6, 6.07) is 57.6. The molecule has 0 amide bonds. The number of hydrogen-bond donors (Lipinski definition) is 1. The molecule has 8 aromatic carbocycles. The van der Waals surface area contributed by atoms with E-state index in [0.717, 1.165) is 17.2 Å². The summed E-state index contributed by atoms with van der Waals surface area (Å²) in [5.74, 6) is 1.19. The van der Waals surface area contributed by atoms with Crippen LogP contribution in [0.1, 0.15) is 23.1 Å². The van der Waals surface area contributed by atoms with Gasteiger partial charge in [-0.3, -0.25) is 0 Å². The van der Waals surface area contributed by atoms with Crippen LogP contribution in [0.3, 0.4) is 0 Å². The van der Waals surface area contributed by atoms with Crippen molar-refractivity contribution in [2.24, 2.45) is 4.99 Å². The Labute approximate surface area is 312 Å². The molecule has 0 saturated heterocycles. The Kier molecular flexibility index (Phi) is 6.20. The molecule has 4 heteroatoms. The molecule has 0 fully saturated rings. The monoisotopic (exact) mass is 690 g/mol. The molecule has 3 aliphatic rings. The molecule has 0 radical (unpaired) electrons. The molecule has 4 nitrogen and oxygen atoms in total. The van der Waals surface area contributed by atoms with Crippen molar-refractivity contribution in [3.05, 3.63) is 193 Å². The zero-order valence-corrected chi connectivity index (χ0v) is 29.4. The third-order valence-corrected chi connectivity index (χ3v) is 11.9. The molecule has 2 aliphatic heterocycles. The number of para-hydroxylation sites is 2. The summed E-state index contributed by atoms with van der Waals surface area (Å²) >= 11 is 0. The van der Waals surface area contributed by atoms with Gasteiger partial charge in [-0.2, -0.15) is 0 Å². The molecule has 9 aromatic rings. The van der Waals surface area contributed by atoms with E-state index in [1.165, 1.54) is 76.6 Å². The van der Waals surface area contributed by atoms with E-state index in [4.69, 9.17) is 4.99 Å². The van der Waals surface area contributed by atoms with Gasteiger partial charge in [0.25, 0.3) is 0 Å². The SMILES string of the molecule is C1=CC2c3cc(-n4c5ccc6ccccc6c5c5c6ccccc6ccc54)ccc3N(C3=Nc4ccccc4NC3c3ccc4ccccc4c3)C2C=C1. The first kappa shape index (κ1) is 29.6. The van der Waals surface area contributed by atoms with Crippen molar-refractivity contribution in [1.29, 1.82) is 0 Å². The first-order valence-corrected chi connectivity index (χ1v) is 18.8. The fourth-order valence-electron chi connectivity index (χ4n) is 9.47. The maximum atomic E-state index is 5.48. The Hall–Kier alpha value is -6.91. The molecule has 254 valence electrons. The lowest BCUT2D eigenvalue weighted by molar-refractivity contribution is 0.743. The van der Waals surface area contributed by atoms with E-state index in [1.54, 1.807) is 0 Å². The van der Waals surface area contributed by atoms with Crippen molar-refractivity contribution in [1.82, 2.24) is 4.57 Å². The van der Waals surface area contributed by atoms with Crippen LogP contribution in [0.15, 0.2) is 187 Å². The topological polar surface area (TPSA) is 32.6 Å². The van der Waals surface area contributed by atoms with Crippen LogP contribution in [0.25, 0.3) is 59.8 Å². The molecule has 3 heterocycles. The molecular weight excluding hydrogens is 657 g/mol. The van der Waals surface area contributed by atoms with Gasteiger partial charge in [-0.15, -0.1) is 0 Å². The highest BCUT2D eigenvalue weighted by Gasteiger charge is 2.42. The number of fused-ring (bicyclic) bond motifs is 12. The maximum Gasteiger partial charge on any atom is 0.137 e. The van der Waals surface area contributed by atoms with Crippen molar-refractivity contribution in [3.63, 3.8) is 0 Å². The van der Waals surface area contributed by atoms with Gasteiger partial charge < -0.3 is 14.8 Å². The van der Waals surface area contributed by atoms with Crippen molar-refractivity contribution in [2.45, 2.75) is 18.0 Å². The number of benzene rings is 8. The average molecular weight is 691 g/mol. The first-order valence-electron chi connectivity index (χ1n) is 18.8. The lowest BCUT2D eigenvalue weighted by atomic mass is 9.91. The van der Waals surface area contributed by atoms with Crippen LogP contribution in [0.4, 0.5) is 17.1 Å². The zero-order chi connectivity index (χ0) is 35.3. The third-order valence-electron chi connectivity index (χ3n) is 11.9. The highest BCUT2D eigenvalue weighted by atomic mass is 15.3. The van der Waals surface area contributed by atoms with Crippen LogP contribution in [0.2, 0.25) is 0 Å². The molecule has 0 saturated carbocycles. The summed E-state index contributed by atoms with van der Waals surface area (Å²) < 4.78 is 2.48. The van der Waals surface area contributed by atoms with Crippen LogP contribution in [-0.4, -0.2) is 16.4 Å². The van der Waals surface area contributed by atoms with Gasteiger partial charge in [0.15, 0.2) is 0 Å². The number of amidine groups is 1. The highest BCUT2D eigenvalue weighted by molar-refractivity contribution is 6.28. The Balaban J connectivity index is 1.08. The number of aromatic nitrogens is 1. The standard InChI is InChI=1S/C50H34N4/c1-2-14-34-29-35(22-21-31(34)11-1)49-50(52-42-19-9-8-18-41(42)51-49)54-43-20-10-7-17-39(43)40-30-36(25-28-44(40)54)53-45-26-23-32-12-3-5-15-37(32)47(45)48-38-16-6-4-13-33(38)24-27-46(48)53/h1-30,39,43,49,51H. The minimum Gasteiger partial charge on any atom is -0.370 e. The van der Waals surface area contributed by atoms with E-state index in [9.17, 15) is 0 Å². The smallest absolute Gasteiger partial charge is 0.137 e. The molecular formula is C50H34N4. The molecule has 3 atom stereocenters. The predicted molar refractivity (Wildman–Crippen MR) is 227 cm³/mol. The predicted octanol–water partition coefficient (Wildman–Crippen LogP) is 12.5. The van der Waals surface area contributed by atoms with Gasteiger partial charge in [-0.1, -0.05) is 133 Å². The van der Waals surface area contributed by atoms with Crippen molar-refractivity contribution in [3.8, 4) is 5.69 Å². The van der Waals surface area contributed by atoms with E-state index in [-0.39, 0.29) is 18.0 Å². The minimum absolute atomic E-state index is 0.0973. The van der Waals surface area contributed by atoms with E-state index in [0.29, 0.717) is 0 Å². The number of nitrogens with one attached hydrogen (secondary N) is 1. The van der Waals surface area contributed by atoms with Crippen LogP contribution < -0.4 is 10.2 Å². The summed E-state index contributed by atoms with van der Waals surface area (Å²) in [6.45, 7) is 0. The lowest BCUT2D eigenvalue weighted by Crippen LogP contribution is -2.44. The molecule has 3 unspecified atom stereocenters. The largest absolute Gasteiger partial charge is 0.370 e. The summed E-state index contributed by atoms with van der Waals surface area (Å²) in [6.07, 6.45) is 9.12. The van der Waals surface area contributed by atoms with Gasteiger partial charge in [-0.25, -0.2) is 4.99 Å². The van der Waals surface area contributed by atoms with Gasteiger partial charge in [-0.05, 0) is 92.0 Å². The summed E-state index contributed by atoms with van der Waals surface area (Å²) in [5.41, 5.74) is 9.34. The van der Waals surface area contributed by atoms with E-state index < -0.39 is 0 Å². The summed E-state index contributed by atoms with van der Waals surface area (Å²) in [7, 11) is 0. The maximum absolute atomic E-state index is 5.48. The third kappa shape index (κ3) is 4.22. The van der Waals surface area contributed by atoms with Gasteiger partial charge in [0.1, 0.15) is 11.9 Å². The number of anilines is 2. The number of hydrogen-bond acceptors (Lipinski definition) is 3. The Bertz CT molecular complexity index is 3030. The highest BCUT2D eigenvalue weighted by Crippen LogP contribution is 2.49. The van der Waals surface area contributed by atoms with Gasteiger partial charge >= 0.3 is 0 Å². The number of rotatable bonds is 2. The Morgan fingerprint density at radius 3 is 1.96 bits per heavy atom. The van der Waals surface area contributed by atoms with Crippen LogP contribution in [-0.2, 0) is 0 Å². The average Bonchev–Trinajstić information content (AvgIpc) is 3.76. The van der Waals surface area contributed by atoms with Crippen molar-refractivity contribution in [2.75, 3.05) is 10.2 Å². The molecule has 12 rings (SSSR count). The summed E-state index contributed by atoms with van der Waals surface area (Å²) in [5, 5.41) is 14.1. The van der Waals surface area contributed by atoms with E-state index in [1.807, 2.05) is 0 Å². The van der Waals surface area contributed by atoms with Crippen molar-refractivity contribution < 1.29 is 0 Å². The van der Waals surface area contributed by atoms with Gasteiger partial charge in [0, 0.05) is 28.1 Å². The number of aliphatic imine (C=N–C) groups is 1. The second-order valence-electron chi connectivity index (χ2n) is 14.8. The fraction of sp³-hybridized carbons (Fsp3) is 0.0600. The fourth-order valence-corrected chi connectivity index (χ4v) is 9.47. The zero-order valence-electron chi connectivity index (χ0n) is 29.4. The number of nitrogens with zero attached hydrogens (tertiary/aromatic N) is 3. The first-order chi connectivity index (χ1) is 26.8. The van der Waals surface area contributed by atoms with Crippen LogP contribution >= 0.6 is 0 Å². The molecule has 0 bridgehead atoms. The van der Waals surface area contributed by atoms with Gasteiger partial charge in [0.05, 0.1) is 28.5 Å². The molecule has 1 N–H and O–H groups in total. The second kappa shape index (κ2) is 11.3. The summed E-state index contributed by atoms with van der Waals surface area (Å²) in [4.78, 5) is 7.98. The van der Waals surface area contributed by atoms with Crippen LogP contribution in [0, 0.1) is 0 Å². The van der Waals surface area contributed by atoms with Crippen molar-refractivity contribution >= 4 is 77.0 Å². The molecule has 0 spiro atoms.